The molecule has 1 N–H and O–H groups in total. The van der Waals surface area contributed by atoms with Crippen molar-refractivity contribution in [3.8, 4) is 0 Å². The molecule has 0 spiro atoms. The zero-order valence-electron chi connectivity index (χ0n) is 7.22. The van der Waals surface area contributed by atoms with E-state index in [-0.39, 0.29) is 0 Å². The van der Waals surface area contributed by atoms with Crippen molar-refractivity contribution in [1.82, 2.24) is 10.2 Å². The number of piperidine rings is 1. The Labute approximate surface area is 63.6 Å². The maximum absolute atomic E-state index is 3.35. The van der Waals surface area contributed by atoms with Gasteiger partial charge in [-0.15, -0.1) is 0 Å². The second kappa shape index (κ2) is 3.35. The largest absolute Gasteiger partial charge is 0.317 e. The Morgan fingerprint density at radius 3 is 2.70 bits per heavy atom. The quantitative estimate of drug-likeness (QED) is 0.575. The second-order valence-electron chi connectivity index (χ2n) is 3.42. The van der Waals surface area contributed by atoms with E-state index in [4.69, 9.17) is 0 Å². The fourth-order valence-corrected chi connectivity index (χ4v) is 1.78. The monoisotopic (exact) mass is 142 g/mol. The predicted molar refractivity (Wildman–Crippen MR) is 44.1 cm³/mol. The van der Waals surface area contributed by atoms with Gasteiger partial charge >= 0.3 is 0 Å². The highest BCUT2D eigenvalue weighted by Gasteiger charge is 2.21. The lowest BCUT2D eigenvalue weighted by molar-refractivity contribution is 0.180. The molecule has 1 aliphatic heterocycles. The van der Waals surface area contributed by atoms with Crippen LogP contribution >= 0.6 is 0 Å². The van der Waals surface area contributed by atoms with Crippen LogP contribution < -0.4 is 5.32 Å². The number of rotatable bonds is 1. The van der Waals surface area contributed by atoms with Crippen molar-refractivity contribution in [1.29, 1.82) is 0 Å². The van der Waals surface area contributed by atoms with Crippen molar-refractivity contribution in [3.05, 3.63) is 0 Å². The predicted octanol–water partition coefficient (Wildman–Crippen LogP) is 0.546. The molecule has 0 aromatic rings. The number of hydrogen-bond donors (Lipinski definition) is 1. The average Bonchev–Trinajstić information content (AvgIpc) is 1.88. The molecule has 1 fully saturated rings. The zero-order valence-corrected chi connectivity index (χ0v) is 7.22. The van der Waals surface area contributed by atoms with E-state index < -0.39 is 0 Å². The summed E-state index contributed by atoms with van der Waals surface area (Å²) in [5, 5.41) is 3.35. The number of likely N-dealkylation sites (tertiary alicyclic amines) is 1. The third-order valence-corrected chi connectivity index (χ3v) is 2.48. The molecule has 0 amide bonds. The van der Waals surface area contributed by atoms with E-state index in [1.807, 2.05) is 0 Å². The highest BCUT2D eigenvalue weighted by molar-refractivity contribution is 4.79. The molecule has 0 aromatic carbocycles. The molecule has 10 heavy (non-hydrogen) atoms. The van der Waals surface area contributed by atoms with Gasteiger partial charge in [-0.2, -0.15) is 0 Å². The molecule has 1 rings (SSSR count). The molecule has 1 saturated heterocycles. The van der Waals surface area contributed by atoms with E-state index in [1.54, 1.807) is 0 Å². The molecule has 2 heteroatoms. The van der Waals surface area contributed by atoms with Gasteiger partial charge in [0.2, 0.25) is 0 Å². The highest BCUT2D eigenvalue weighted by Crippen LogP contribution is 2.14. The molecular weight excluding hydrogens is 124 g/mol. The van der Waals surface area contributed by atoms with Crippen LogP contribution in [0.15, 0.2) is 0 Å². The third kappa shape index (κ3) is 1.70. The molecular formula is C8H18N2. The van der Waals surface area contributed by atoms with Crippen molar-refractivity contribution in [3.63, 3.8) is 0 Å². The van der Waals surface area contributed by atoms with Crippen molar-refractivity contribution >= 4 is 0 Å². The van der Waals surface area contributed by atoms with Crippen molar-refractivity contribution in [2.75, 3.05) is 27.2 Å². The van der Waals surface area contributed by atoms with Gasteiger partial charge in [0.15, 0.2) is 0 Å². The molecule has 1 aliphatic rings. The summed E-state index contributed by atoms with van der Waals surface area (Å²) in [5.74, 6) is 0.809. The maximum atomic E-state index is 3.35. The van der Waals surface area contributed by atoms with Crippen LogP contribution in [0.4, 0.5) is 0 Å². The number of hydrogen-bond acceptors (Lipinski definition) is 2. The molecule has 0 saturated carbocycles. The van der Waals surface area contributed by atoms with Crippen LogP contribution in [0.5, 0.6) is 0 Å². The van der Waals surface area contributed by atoms with Gasteiger partial charge in [0.05, 0.1) is 0 Å². The molecule has 60 valence electrons. The Morgan fingerprint density at radius 2 is 2.20 bits per heavy atom. The van der Waals surface area contributed by atoms with Gasteiger partial charge in [-0.3, -0.25) is 0 Å². The fraction of sp³-hybridized carbons (Fsp3) is 1.00. The summed E-state index contributed by atoms with van der Waals surface area (Å²) in [4.78, 5) is 2.40. The second-order valence-corrected chi connectivity index (χ2v) is 3.42. The standard InChI is InChI=1S/C8H18N2/c1-7-6-10(3)5-4-8(7)9-2/h7-9H,4-6H2,1-3H3/t7-,8+/m0/s1. The van der Waals surface area contributed by atoms with Crippen molar-refractivity contribution in [2.24, 2.45) is 5.92 Å². The molecule has 2 atom stereocenters. The van der Waals surface area contributed by atoms with Crippen LogP contribution in [0.25, 0.3) is 0 Å². The van der Waals surface area contributed by atoms with Gasteiger partial charge in [0.25, 0.3) is 0 Å². The summed E-state index contributed by atoms with van der Waals surface area (Å²) in [5.41, 5.74) is 0. The molecule has 0 aliphatic carbocycles. The summed E-state index contributed by atoms with van der Waals surface area (Å²) in [6, 6.07) is 0.746. The summed E-state index contributed by atoms with van der Waals surface area (Å²) >= 11 is 0. The van der Waals surface area contributed by atoms with E-state index in [1.165, 1.54) is 19.5 Å². The van der Waals surface area contributed by atoms with E-state index in [2.05, 4.69) is 31.2 Å². The van der Waals surface area contributed by atoms with Gasteiger partial charge in [-0.25, -0.2) is 0 Å². The zero-order chi connectivity index (χ0) is 7.56. The van der Waals surface area contributed by atoms with Crippen molar-refractivity contribution in [2.45, 2.75) is 19.4 Å². The smallest absolute Gasteiger partial charge is 0.0114 e. The Morgan fingerprint density at radius 1 is 1.50 bits per heavy atom. The topological polar surface area (TPSA) is 15.3 Å². The lowest BCUT2D eigenvalue weighted by atomic mass is 9.95. The number of nitrogens with one attached hydrogen (secondary N) is 1. The third-order valence-electron chi connectivity index (χ3n) is 2.48. The molecule has 0 aromatic heterocycles. The Kier molecular flexibility index (Phi) is 2.69. The van der Waals surface area contributed by atoms with E-state index in [0.29, 0.717) is 0 Å². The molecule has 0 radical (unpaired) electrons. The van der Waals surface area contributed by atoms with Crippen LogP contribution in [0.2, 0.25) is 0 Å². The maximum Gasteiger partial charge on any atom is 0.0114 e. The summed E-state index contributed by atoms with van der Waals surface area (Å²) in [6.45, 7) is 4.80. The van der Waals surface area contributed by atoms with Crippen LogP contribution in [-0.4, -0.2) is 38.1 Å². The average molecular weight is 142 g/mol. The molecule has 1 heterocycles. The first-order valence-electron chi connectivity index (χ1n) is 4.10. The molecule has 0 bridgehead atoms. The summed E-state index contributed by atoms with van der Waals surface area (Å²) < 4.78 is 0. The van der Waals surface area contributed by atoms with Crippen LogP contribution in [0, 0.1) is 5.92 Å². The first-order valence-corrected chi connectivity index (χ1v) is 4.10. The lowest BCUT2D eigenvalue weighted by Gasteiger charge is -2.34. The minimum Gasteiger partial charge on any atom is -0.317 e. The van der Waals surface area contributed by atoms with E-state index in [0.717, 1.165) is 12.0 Å². The Balaban J connectivity index is 2.36. The normalized spacial score (nSPS) is 36.3. The minimum absolute atomic E-state index is 0.746. The van der Waals surface area contributed by atoms with Crippen LogP contribution in [0.1, 0.15) is 13.3 Å². The Bertz CT molecular complexity index is 103. The van der Waals surface area contributed by atoms with Gasteiger partial charge in [-0.1, -0.05) is 6.92 Å². The van der Waals surface area contributed by atoms with Gasteiger partial charge in [0, 0.05) is 12.6 Å². The van der Waals surface area contributed by atoms with E-state index in [9.17, 15) is 0 Å². The first-order chi connectivity index (χ1) is 4.74. The minimum atomic E-state index is 0.746. The lowest BCUT2D eigenvalue weighted by Crippen LogP contribution is -2.45. The van der Waals surface area contributed by atoms with Crippen LogP contribution in [0.3, 0.4) is 0 Å². The van der Waals surface area contributed by atoms with Gasteiger partial charge in [0.1, 0.15) is 0 Å². The van der Waals surface area contributed by atoms with Gasteiger partial charge < -0.3 is 10.2 Å². The van der Waals surface area contributed by atoms with Crippen LogP contribution in [-0.2, 0) is 0 Å². The fourth-order valence-electron chi connectivity index (χ4n) is 1.78. The molecule has 0 unspecified atom stereocenters. The summed E-state index contributed by atoms with van der Waals surface area (Å²) in [6.07, 6.45) is 1.30. The van der Waals surface area contributed by atoms with Crippen molar-refractivity contribution < 1.29 is 0 Å². The SMILES string of the molecule is CN[C@@H]1CCN(C)C[C@@H]1C. The first kappa shape index (κ1) is 8.02. The molecule has 2 nitrogen and oxygen atoms in total. The Hall–Kier alpha value is -0.0800. The number of nitrogens with zero attached hydrogens (tertiary/aromatic N) is 1. The summed E-state index contributed by atoms with van der Waals surface area (Å²) in [7, 11) is 4.26. The van der Waals surface area contributed by atoms with E-state index >= 15 is 0 Å². The van der Waals surface area contributed by atoms with Gasteiger partial charge in [-0.05, 0) is 33.0 Å². The highest BCUT2D eigenvalue weighted by atomic mass is 15.1.